The van der Waals surface area contributed by atoms with E-state index in [1.54, 1.807) is 22.9 Å². The normalized spacial score (nSPS) is 10.8. The Hall–Kier alpha value is -2.21. The van der Waals surface area contributed by atoms with Crippen molar-refractivity contribution in [1.29, 1.82) is 0 Å². The average molecular weight is 274 g/mol. The minimum atomic E-state index is -0.379. The van der Waals surface area contributed by atoms with Crippen LogP contribution in [0.2, 0.25) is 0 Å². The summed E-state index contributed by atoms with van der Waals surface area (Å²) in [7, 11) is 0. The predicted octanol–water partition coefficient (Wildman–Crippen LogP) is 2.51. The molecule has 1 heterocycles. The molecule has 0 bridgehead atoms. The maximum absolute atomic E-state index is 11.1. The summed E-state index contributed by atoms with van der Waals surface area (Å²) in [6.45, 7) is 7.48. The van der Waals surface area contributed by atoms with Crippen molar-refractivity contribution in [3.63, 3.8) is 0 Å². The molecule has 20 heavy (non-hydrogen) atoms. The third-order valence-corrected chi connectivity index (χ3v) is 3.30. The van der Waals surface area contributed by atoms with Crippen molar-refractivity contribution in [1.82, 2.24) is 15.1 Å². The number of aromatic nitrogens is 2. The monoisotopic (exact) mass is 274 g/mol. The summed E-state index contributed by atoms with van der Waals surface area (Å²) in [5.41, 5.74) is 3.47. The maximum Gasteiger partial charge on any atom is 0.294 e. The van der Waals surface area contributed by atoms with Crippen LogP contribution in [0.4, 0.5) is 5.69 Å². The van der Waals surface area contributed by atoms with E-state index < -0.39 is 0 Å². The highest BCUT2D eigenvalue weighted by Gasteiger charge is 2.19. The van der Waals surface area contributed by atoms with Crippen LogP contribution in [-0.2, 0) is 6.54 Å². The fraction of sp³-hybridized carbons (Fsp3) is 0.357. The second kappa shape index (κ2) is 5.83. The Morgan fingerprint density at radius 2 is 2.05 bits per heavy atom. The van der Waals surface area contributed by atoms with Crippen molar-refractivity contribution in [2.75, 3.05) is 6.54 Å². The molecule has 0 aliphatic heterocycles. The molecule has 0 atom stereocenters. The van der Waals surface area contributed by atoms with E-state index in [-0.39, 0.29) is 10.6 Å². The number of hydrogen-bond donors (Lipinski definition) is 1. The lowest BCUT2D eigenvalue weighted by Crippen LogP contribution is -2.13. The smallest absolute Gasteiger partial charge is 0.294 e. The van der Waals surface area contributed by atoms with Gasteiger partial charge < -0.3 is 5.32 Å². The predicted molar refractivity (Wildman–Crippen MR) is 77.1 cm³/mol. The van der Waals surface area contributed by atoms with Crippen molar-refractivity contribution in [3.05, 3.63) is 51.3 Å². The molecule has 1 aromatic heterocycles. The summed E-state index contributed by atoms with van der Waals surface area (Å²) in [5, 5.41) is 18.8. The third-order valence-electron chi connectivity index (χ3n) is 3.30. The highest BCUT2D eigenvalue weighted by atomic mass is 16.6. The summed E-state index contributed by atoms with van der Waals surface area (Å²) < 4.78 is 1.65. The molecule has 2 rings (SSSR count). The van der Waals surface area contributed by atoms with Crippen LogP contribution in [0.3, 0.4) is 0 Å². The van der Waals surface area contributed by atoms with Gasteiger partial charge in [-0.05, 0) is 26.5 Å². The number of benzene rings is 1. The first-order chi connectivity index (χ1) is 9.56. The van der Waals surface area contributed by atoms with Crippen LogP contribution in [0.25, 0.3) is 5.69 Å². The third kappa shape index (κ3) is 2.55. The fourth-order valence-corrected chi connectivity index (χ4v) is 2.21. The van der Waals surface area contributed by atoms with Gasteiger partial charge in [-0.2, -0.15) is 5.10 Å². The van der Waals surface area contributed by atoms with Gasteiger partial charge in [-0.1, -0.05) is 19.1 Å². The number of aryl methyl sites for hydroxylation is 1. The summed E-state index contributed by atoms with van der Waals surface area (Å²) in [5.74, 6) is 0. The van der Waals surface area contributed by atoms with Crippen LogP contribution in [0.1, 0.15) is 23.9 Å². The first-order valence-electron chi connectivity index (χ1n) is 6.55. The second-order valence-corrected chi connectivity index (χ2v) is 4.59. The maximum atomic E-state index is 11.1. The quantitative estimate of drug-likeness (QED) is 0.671. The number of hydrogen-bond acceptors (Lipinski definition) is 4. The molecule has 0 unspecified atom stereocenters. The molecule has 106 valence electrons. The molecule has 0 saturated carbocycles. The summed E-state index contributed by atoms with van der Waals surface area (Å²) in [6, 6.07) is 6.65. The fourth-order valence-electron chi connectivity index (χ4n) is 2.21. The molecule has 0 radical (unpaired) electrons. The van der Waals surface area contributed by atoms with Gasteiger partial charge in [0.1, 0.15) is 5.69 Å². The zero-order valence-corrected chi connectivity index (χ0v) is 11.9. The van der Waals surface area contributed by atoms with Gasteiger partial charge in [-0.15, -0.1) is 0 Å². The SMILES string of the molecule is CCNCc1c(C)nn(-c2ccccc2[N+](=O)[O-])c1C. The molecule has 0 saturated heterocycles. The summed E-state index contributed by atoms with van der Waals surface area (Å²) in [6.07, 6.45) is 0. The Morgan fingerprint density at radius 3 is 2.70 bits per heavy atom. The van der Waals surface area contributed by atoms with Crippen LogP contribution in [-0.4, -0.2) is 21.2 Å². The number of para-hydroxylation sites is 2. The van der Waals surface area contributed by atoms with E-state index in [2.05, 4.69) is 10.4 Å². The van der Waals surface area contributed by atoms with Crippen molar-refractivity contribution in [3.8, 4) is 5.69 Å². The van der Waals surface area contributed by atoms with Crippen LogP contribution < -0.4 is 5.32 Å². The first-order valence-corrected chi connectivity index (χ1v) is 6.55. The van der Waals surface area contributed by atoms with E-state index in [0.29, 0.717) is 5.69 Å². The van der Waals surface area contributed by atoms with Gasteiger partial charge in [0.25, 0.3) is 5.69 Å². The van der Waals surface area contributed by atoms with Gasteiger partial charge in [0.15, 0.2) is 0 Å². The molecule has 2 aromatic rings. The van der Waals surface area contributed by atoms with E-state index in [9.17, 15) is 10.1 Å². The summed E-state index contributed by atoms with van der Waals surface area (Å²) in [4.78, 5) is 10.7. The molecule has 1 aromatic carbocycles. The van der Waals surface area contributed by atoms with Crippen LogP contribution in [0, 0.1) is 24.0 Å². The van der Waals surface area contributed by atoms with Gasteiger partial charge in [-0.3, -0.25) is 10.1 Å². The summed E-state index contributed by atoms with van der Waals surface area (Å²) >= 11 is 0. The van der Waals surface area contributed by atoms with Gasteiger partial charge in [0.05, 0.1) is 10.6 Å². The highest BCUT2D eigenvalue weighted by Crippen LogP contribution is 2.25. The first kappa shape index (κ1) is 14.2. The van der Waals surface area contributed by atoms with E-state index >= 15 is 0 Å². The minimum absolute atomic E-state index is 0.0631. The lowest BCUT2D eigenvalue weighted by Gasteiger charge is -2.06. The lowest BCUT2D eigenvalue weighted by atomic mass is 10.2. The van der Waals surface area contributed by atoms with Gasteiger partial charge in [0, 0.05) is 23.9 Å². The van der Waals surface area contributed by atoms with Crippen LogP contribution >= 0.6 is 0 Å². The van der Waals surface area contributed by atoms with Crippen LogP contribution in [0.5, 0.6) is 0 Å². The topological polar surface area (TPSA) is 73.0 Å². The molecule has 0 amide bonds. The van der Waals surface area contributed by atoms with Gasteiger partial charge in [-0.25, -0.2) is 4.68 Å². The van der Waals surface area contributed by atoms with Crippen LogP contribution in [0.15, 0.2) is 24.3 Å². The molecule has 6 heteroatoms. The highest BCUT2D eigenvalue weighted by molar-refractivity contribution is 5.53. The number of nitrogens with zero attached hydrogens (tertiary/aromatic N) is 3. The van der Waals surface area contributed by atoms with E-state index in [1.807, 2.05) is 20.8 Å². The van der Waals surface area contributed by atoms with Gasteiger partial charge in [0.2, 0.25) is 0 Å². The Labute approximate surface area is 117 Å². The number of nitrogens with one attached hydrogen (secondary N) is 1. The number of nitro benzene ring substituents is 1. The molecule has 6 nitrogen and oxygen atoms in total. The standard InChI is InChI=1S/C14H18N4O2/c1-4-15-9-12-10(2)16-17(11(12)3)13-7-5-6-8-14(13)18(19)20/h5-8,15H,4,9H2,1-3H3. The molecular weight excluding hydrogens is 256 g/mol. The Morgan fingerprint density at radius 1 is 1.35 bits per heavy atom. The molecule has 0 spiro atoms. The molecule has 0 aliphatic carbocycles. The van der Waals surface area contributed by atoms with Crippen molar-refractivity contribution in [2.45, 2.75) is 27.3 Å². The second-order valence-electron chi connectivity index (χ2n) is 4.59. The zero-order chi connectivity index (χ0) is 14.7. The van der Waals surface area contributed by atoms with E-state index in [4.69, 9.17) is 0 Å². The molecular formula is C14H18N4O2. The van der Waals surface area contributed by atoms with E-state index in [0.717, 1.165) is 30.0 Å². The Bertz CT molecular complexity index is 634. The molecule has 0 fully saturated rings. The largest absolute Gasteiger partial charge is 0.313 e. The lowest BCUT2D eigenvalue weighted by molar-refractivity contribution is -0.384. The zero-order valence-electron chi connectivity index (χ0n) is 11.9. The number of rotatable bonds is 5. The Kier molecular flexibility index (Phi) is 4.14. The van der Waals surface area contributed by atoms with Gasteiger partial charge >= 0.3 is 0 Å². The van der Waals surface area contributed by atoms with Crippen molar-refractivity contribution in [2.24, 2.45) is 0 Å². The number of nitro groups is 1. The molecule has 1 N–H and O–H groups in total. The Balaban J connectivity index is 2.52. The minimum Gasteiger partial charge on any atom is -0.313 e. The molecule has 0 aliphatic rings. The van der Waals surface area contributed by atoms with Crippen molar-refractivity contribution < 1.29 is 4.92 Å². The average Bonchev–Trinajstić information content (AvgIpc) is 2.71. The van der Waals surface area contributed by atoms with Crippen molar-refractivity contribution >= 4 is 5.69 Å². The van der Waals surface area contributed by atoms with E-state index in [1.165, 1.54) is 6.07 Å².